The van der Waals surface area contributed by atoms with Crippen molar-refractivity contribution in [3.63, 3.8) is 0 Å². The van der Waals surface area contributed by atoms with Crippen molar-refractivity contribution in [1.82, 2.24) is 15.5 Å². The topological polar surface area (TPSA) is 56.7 Å². The molecule has 2 N–H and O–H groups in total. The normalized spacial score (nSPS) is 21.3. The van der Waals surface area contributed by atoms with E-state index in [9.17, 15) is 4.79 Å². The molecule has 21 heavy (non-hydrogen) atoms. The van der Waals surface area contributed by atoms with Gasteiger partial charge in [0.15, 0.2) is 5.96 Å². The first-order valence-electron chi connectivity index (χ1n) is 8.22. The number of carbonyl (C=O) groups is 1. The third-order valence-electron chi connectivity index (χ3n) is 4.34. The van der Waals surface area contributed by atoms with Gasteiger partial charge in [-0.15, -0.1) is 0 Å². The number of amides is 1. The zero-order valence-corrected chi connectivity index (χ0v) is 14.3. The summed E-state index contributed by atoms with van der Waals surface area (Å²) in [6.07, 6.45) is 4.04. The van der Waals surface area contributed by atoms with Gasteiger partial charge in [0, 0.05) is 38.6 Å². The van der Waals surface area contributed by atoms with E-state index in [1.54, 1.807) is 7.05 Å². The van der Waals surface area contributed by atoms with E-state index in [-0.39, 0.29) is 5.91 Å². The molecule has 0 aliphatic carbocycles. The number of guanidine groups is 1. The standard InChI is InChI=1S/C16H32N4O/c1-12(2)14(4)19-16(17-5)18-10-9-15(21)20-11-7-6-8-13(20)3/h12-14H,6-11H2,1-5H3,(H2,17,18,19). The Kier molecular flexibility index (Phi) is 7.54. The van der Waals surface area contributed by atoms with Gasteiger partial charge in [0.05, 0.1) is 0 Å². The summed E-state index contributed by atoms with van der Waals surface area (Å²) in [5.41, 5.74) is 0. The van der Waals surface area contributed by atoms with Crippen molar-refractivity contribution < 1.29 is 4.79 Å². The van der Waals surface area contributed by atoms with Crippen LogP contribution in [0.3, 0.4) is 0 Å². The number of hydrogen-bond acceptors (Lipinski definition) is 2. The highest BCUT2D eigenvalue weighted by atomic mass is 16.2. The van der Waals surface area contributed by atoms with E-state index in [4.69, 9.17) is 0 Å². The first kappa shape index (κ1) is 17.8. The first-order valence-corrected chi connectivity index (χ1v) is 8.22. The quantitative estimate of drug-likeness (QED) is 0.602. The molecule has 1 aliphatic heterocycles. The van der Waals surface area contributed by atoms with Crippen LogP contribution in [-0.2, 0) is 4.79 Å². The van der Waals surface area contributed by atoms with Gasteiger partial charge in [0.1, 0.15) is 0 Å². The summed E-state index contributed by atoms with van der Waals surface area (Å²) in [6, 6.07) is 0.749. The molecule has 1 heterocycles. The van der Waals surface area contributed by atoms with Gasteiger partial charge in [-0.05, 0) is 39.0 Å². The summed E-state index contributed by atoms with van der Waals surface area (Å²) < 4.78 is 0. The van der Waals surface area contributed by atoms with Crippen molar-refractivity contribution in [3.05, 3.63) is 0 Å². The van der Waals surface area contributed by atoms with Crippen molar-refractivity contribution in [2.75, 3.05) is 20.1 Å². The van der Waals surface area contributed by atoms with E-state index < -0.39 is 0 Å². The van der Waals surface area contributed by atoms with E-state index >= 15 is 0 Å². The Balaban J connectivity index is 2.32. The lowest BCUT2D eigenvalue weighted by atomic mass is 10.0. The van der Waals surface area contributed by atoms with E-state index in [0.717, 1.165) is 25.3 Å². The maximum absolute atomic E-state index is 12.2. The molecule has 1 rings (SSSR count). The summed E-state index contributed by atoms with van der Waals surface area (Å²) in [6.45, 7) is 10.2. The van der Waals surface area contributed by atoms with Crippen molar-refractivity contribution in [1.29, 1.82) is 0 Å². The lowest BCUT2D eigenvalue weighted by molar-refractivity contribution is -0.134. The van der Waals surface area contributed by atoms with Gasteiger partial charge in [-0.1, -0.05) is 13.8 Å². The summed E-state index contributed by atoms with van der Waals surface area (Å²) in [7, 11) is 1.76. The van der Waals surface area contributed by atoms with Crippen LogP contribution in [0.1, 0.15) is 53.4 Å². The summed E-state index contributed by atoms with van der Waals surface area (Å²) in [4.78, 5) is 18.5. The Bertz CT molecular complexity index is 354. The van der Waals surface area contributed by atoms with Gasteiger partial charge >= 0.3 is 0 Å². The molecule has 5 heteroatoms. The molecule has 0 aromatic carbocycles. The van der Waals surface area contributed by atoms with Gasteiger partial charge in [-0.2, -0.15) is 0 Å². The molecule has 1 amide bonds. The molecule has 0 bridgehead atoms. The predicted molar refractivity (Wildman–Crippen MR) is 88.4 cm³/mol. The van der Waals surface area contributed by atoms with Gasteiger partial charge in [-0.25, -0.2) is 0 Å². The minimum absolute atomic E-state index is 0.252. The van der Waals surface area contributed by atoms with Gasteiger partial charge in [0.25, 0.3) is 0 Å². The van der Waals surface area contributed by atoms with E-state index in [2.05, 4.69) is 43.3 Å². The molecule has 2 unspecified atom stereocenters. The van der Waals surface area contributed by atoms with Crippen LogP contribution < -0.4 is 10.6 Å². The van der Waals surface area contributed by atoms with E-state index in [1.165, 1.54) is 6.42 Å². The molecule has 122 valence electrons. The number of carbonyl (C=O) groups excluding carboxylic acids is 1. The Morgan fingerprint density at radius 2 is 2.05 bits per heavy atom. The fourth-order valence-electron chi connectivity index (χ4n) is 2.48. The highest BCUT2D eigenvalue weighted by Gasteiger charge is 2.22. The molecule has 1 saturated heterocycles. The maximum atomic E-state index is 12.2. The van der Waals surface area contributed by atoms with Crippen molar-refractivity contribution in [2.24, 2.45) is 10.9 Å². The second kappa shape index (κ2) is 8.90. The molecule has 0 spiro atoms. The fourth-order valence-corrected chi connectivity index (χ4v) is 2.48. The number of nitrogens with one attached hydrogen (secondary N) is 2. The van der Waals surface area contributed by atoms with Crippen LogP contribution in [0.4, 0.5) is 0 Å². The Hall–Kier alpha value is -1.26. The van der Waals surface area contributed by atoms with Crippen molar-refractivity contribution >= 4 is 11.9 Å². The number of likely N-dealkylation sites (tertiary alicyclic amines) is 1. The molecule has 0 radical (unpaired) electrons. The third-order valence-corrected chi connectivity index (χ3v) is 4.34. The SMILES string of the molecule is CN=C(NCCC(=O)N1CCCCC1C)NC(C)C(C)C. The lowest BCUT2D eigenvalue weighted by Crippen LogP contribution is -2.46. The zero-order chi connectivity index (χ0) is 15.8. The molecule has 0 saturated carbocycles. The largest absolute Gasteiger partial charge is 0.356 e. The van der Waals surface area contributed by atoms with E-state index in [1.807, 2.05) is 4.90 Å². The van der Waals surface area contributed by atoms with Crippen molar-refractivity contribution in [3.8, 4) is 0 Å². The van der Waals surface area contributed by atoms with Crippen molar-refractivity contribution in [2.45, 2.75) is 65.5 Å². The van der Waals surface area contributed by atoms with E-state index in [0.29, 0.717) is 31.0 Å². The number of hydrogen-bond donors (Lipinski definition) is 2. The number of rotatable bonds is 5. The molecule has 0 aromatic heterocycles. The molecular formula is C16H32N4O. The Morgan fingerprint density at radius 3 is 2.62 bits per heavy atom. The predicted octanol–water partition coefficient (Wildman–Crippen LogP) is 1.99. The molecule has 2 atom stereocenters. The number of aliphatic imine (C=N–C) groups is 1. The average Bonchev–Trinajstić information content (AvgIpc) is 2.46. The number of nitrogens with zero attached hydrogens (tertiary/aromatic N) is 2. The highest BCUT2D eigenvalue weighted by molar-refractivity contribution is 5.81. The minimum atomic E-state index is 0.252. The summed E-state index contributed by atoms with van der Waals surface area (Å²) in [5.74, 6) is 1.57. The monoisotopic (exact) mass is 296 g/mol. The highest BCUT2D eigenvalue weighted by Crippen LogP contribution is 2.16. The molecule has 1 aliphatic rings. The van der Waals surface area contributed by atoms with Crippen LogP contribution in [0.2, 0.25) is 0 Å². The molecule has 0 aromatic rings. The van der Waals surface area contributed by atoms with Crippen LogP contribution in [-0.4, -0.2) is 49.0 Å². The van der Waals surface area contributed by atoms with Gasteiger partial charge < -0.3 is 15.5 Å². The molecule has 1 fully saturated rings. The first-order chi connectivity index (χ1) is 9.95. The molecular weight excluding hydrogens is 264 g/mol. The van der Waals surface area contributed by atoms with Crippen LogP contribution >= 0.6 is 0 Å². The van der Waals surface area contributed by atoms with Crippen LogP contribution in [0, 0.1) is 5.92 Å². The second-order valence-corrected chi connectivity index (χ2v) is 6.36. The van der Waals surface area contributed by atoms with Gasteiger partial charge in [-0.3, -0.25) is 9.79 Å². The second-order valence-electron chi connectivity index (χ2n) is 6.36. The Morgan fingerprint density at radius 1 is 1.33 bits per heavy atom. The fraction of sp³-hybridized carbons (Fsp3) is 0.875. The Labute approximate surface area is 129 Å². The lowest BCUT2D eigenvalue weighted by Gasteiger charge is -2.33. The molecule has 5 nitrogen and oxygen atoms in total. The van der Waals surface area contributed by atoms with Gasteiger partial charge in [0.2, 0.25) is 5.91 Å². The average molecular weight is 296 g/mol. The number of piperidine rings is 1. The third kappa shape index (κ3) is 5.94. The van der Waals surface area contributed by atoms with Crippen LogP contribution in [0.5, 0.6) is 0 Å². The van der Waals surface area contributed by atoms with Crippen LogP contribution in [0.25, 0.3) is 0 Å². The zero-order valence-electron chi connectivity index (χ0n) is 14.3. The summed E-state index contributed by atoms with van der Waals surface area (Å²) in [5, 5.41) is 6.57. The van der Waals surface area contributed by atoms with Crippen LogP contribution in [0.15, 0.2) is 4.99 Å². The smallest absolute Gasteiger partial charge is 0.224 e. The summed E-state index contributed by atoms with van der Waals surface area (Å²) >= 11 is 0. The minimum Gasteiger partial charge on any atom is -0.356 e. The maximum Gasteiger partial charge on any atom is 0.224 e.